The van der Waals surface area contributed by atoms with Crippen molar-refractivity contribution < 1.29 is 4.79 Å². The molecule has 0 fully saturated rings. The summed E-state index contributed by atoms with van der Waals surface area (Å²) in [5, 5.41) is 3.58. The van der Waals surface area contributed by atoms with Gasteiger partial charge in [0.15, 0.2) is 0 Å². The number of carbonyl (C=O) groups is 1. The Labute approximate surface area is 121 Å². The minimum Gasteiger partial charge on any atom is -0.321 e. The molecule has 98 valence electrons. The SMILES string of the molecule is Cc1ccc(Cl)cc1NC(=O)c1cc2c(s1)CCC2. The van der Waals surface area contributed by atoms with Gasteiger partial charge in [0, 0.05) is 15.6 Å². The van der Waals surface area contributed by atoms with Crippen molar-refractivity contribution in [2.75, 3.05) is 5.32 Å². The van der Waals surface area contributed by atoms with Crippen LogP contribution in [-0.4, -0.2) is 5.91 Å². The van der Waals surface area contributed by atoms with Gasteiger partial charge < -0.3 is 5.32 Å². The van der Waals surface area contributed by atoms with Gasteiger partial charge >= 0.3 is 0 Å². The molecular formula is C15H14ClNOS. The molecule has 1 aromatic heterocycles. The number of fused-ring (bicyclic) bond motifs is 1. The summed E-state index contributed by atoms with van der Waals surface area (Å²) >= 11 is 7.57. The lowest BCUT2D eigenvalue weighted by molar-refractivity contribution is 0.103. The molecule has 19 heavy (non-hydrogen) atoms. The number of thiophene rings is 1. The minimum absolute atomic E-state index is 0.0373. The number of hydrogen-bond acceptors (Lipinski definition) is 2. The van der Waals surface area contributed by atoms with Crippen LogP contribution in [0, 0.1) is 6.92 Å². The first-order valence-electron chi connectivity index (χ1n) is 6.32. The summed E-state index contributed by atoms with van der Waals surface area (Å²) in [6, 6.07) is 7.55. The van der Waals surface area contributed by atoms with E-state index in [9.17, 15) is 4.79 Å². The fourth-order valence-corrected chi connectivity index (χ4v) is 3.67. The van der Waals surface area contributed by atoms with Crippen LogP contribution < -0.4 is 5.32 Å². The number of benzene rings is 1. The van der Waals surface area contributed by atoms with Crippen LogP contribution >= 0.6 is 22.9 Å². The van der Waals surface area contributed by atoms with E-state index in [0.29, 0.717) is 5.02 Å². The molecule has 3 rings (SSSR count). The van der Waals surface area contributed by atoms with Gasteiger partial charge in [-0.1, -0.05) is 17.7 Å². The van der Waals surface area contributed by atoms with E-state index < -0.39 is 0 Å². The van der Waals surface area contributed by atoms with Gasteiger partial charge in [-0.3, -0.25) is 4.79 Å². The fraction of sp³-hybridized carbons (Fsp3) is 0.267. The lowest BCUT2D eigenvalue weighted by Gasteiger charge is -2.07. The van der Waals surface area contributed by atoms with Crippen LogP contribution in [-0.2, 0) is 12.8 Å². The Morgan fingerprint density at radius 1 is 1.32 bits per heavy atom. The van der Waals surface area contributed by atoms with E-state index in [4.69, 9.17) is 11.6 Å². The molecule has 0 spiro atoms. The first-order valence-corrected chi connectivity index (χ1v) is 7.52. The van der Waals surface area contributed by atoms with Crippen molar-refractivity contribution in [3.05, 3.63) is 50.2 Å². The van der Waals surface area contributed by atoms with Crippen LogP contribution in [0.1, 0.15) is 32.1 Å². The van der Waals surface area contributed by atoms with Crippen LogP contribution in [0.15, 0.2) is 24.3 Å². The minimum atomic E-state index is -0.0373. The van der Waals surface area contributed by atoms with Crippen molar-refractivity contribution in [1.82, 2.24) is 0 Å². The normalized spacial score (nSPS) is 13.4. The standard InChI is InChI=1S/C15H14ClNOS/c1-9-5-6-11(16)8-12(9)17-15(18)14-7-10-3-2-4-13(10)19-14/h5-8H,2-4H2,1H3,(H,17,18). The summed E-state index contributed by atoms with van der Waals surface area (Å²) in [7, 11) is 0. The van der Waals surface area contributed by atoms with Gasteiger partial charge in [-0.15, -0.1) is 11.3 Å². The molecule has 0 atom stereocenters. The van der Waals surface area contributed by atoms with Crippen LogP contribution in [0.4, 0.5) is 5.69 Å². The number of nitrogens with one attached hydrogen (secondary N) is 1. The van der Waals surface area contributed by atoms with E-state index in [1.54, 1.807) is 17.4 Å². The molecule has 2 aromatic rings. The van der Waals surface area contributed by atoms with Crippen molar-refractivity contribution >= 4 is 34.5 Å². The average molecular weight is 292 g/mol. The Morgan fingerprint density at radius 2 is 2.16 bits per heavy atom. The summed E-state index contributed by atoms with van der Waals surface area (Å²) in [6.45, 7) is 1.96. The molecule has 0 aliphatic heterocycles. The molecule has 0 saturated heterocycles. The van der Waals surface area contributed by atoms with Gasteiger partial charge in [0.1, 0.15) is 0 Å². The molecule has 1 heterocycles. The Morgan fingerprint density at radius 3 is 2.95 bits per heavy atom. The first kappa shape index (κ1) is 12.7. The molecule has 0 radical (unpaired) electrons. The Kier molecular flexibility index (Phi) is 3.33. The highest BCUT2D eigenvalue weighted by Gasteiger charge is 2.18. The molecule has 1 aliphatic rings. The third-order valence-corrected chi connectivity index (χ3v) is 4.89. The summed E-state index contributed by atoms with van der Waals surface area (Å²) in [6.07, 6.45) is 3.44. The van der Waals surface area contributed by atoms with Gasteiger partial charge in [-0.05, 0) is 55.5 Å². The summed E-state index contributed by atoms with van der Waals surface area (Å²) in [5.41, 5.74) is 3.14. The second-order valence-electron chi connectivity index (χ2n) is 4.83. The molecule has 1 aliphatic carbocycles. The van der Waals surface area contributed by atoms with E-state index in [1.807, 2.05) is 25.1 Å². The maximum atomic E-state index is 12.2. The molecule has 1 amide bonds. The Bertz CT molecular complexity index is 626. The van der Waals surface area contributed by atoms with Crippen LogP contribution in [0.25, 0.3) is 0 Å². The van der Waals surface area contributed by atoms with Crippen LogP contribution in [0.3, 0.4) is 0 Å². The van der Waals surface area contributed by atoms with Gasteiger partial charge in [-0.25, -0.2) is 0 Å². The van der Waals surface area contributed by atoms with E-state index >= 15 is 0 Å². The van der Waals surface area contributed by atoms with E-state index in [2.05, 4.69) is 5.32 Å². The lowest BCUT2D eigenvalue weighted by atomic mass is 10.2. The quantitative estimate of drug-likeness (QED) is 0.870. The van der Waals surface area contributed by atoms with Gasteiger partial charge in [-0.2, -0.15) is 0 Å². The predicted molar refractivity (Wildman–Crippen MR) is 80.5 cm³/mol. The van der Waals surface area contributed by atoms with Crippen molar-refractivity contribution in [1.29, 1.82) is 0 Å². The highest BCUT2D eigenvalue weighted by atomic mass is 35.5. The van der Waals surface area contributed by atoms with Crippen molar-refractivity contribution in [2.24, 2.45) is 0 Å². The predicted octanol–water partition coefficient (Wildman–Crippen LogP) is 4.45. The Balaban J connectivity index is 1.82. The Hall–Kier alpha value is -1.32. The monoisotopic (exact) mass is 291 g/mol. The van der Waals surface area contributed by atoms with Crippen molar-refractivity contribution in [2.45, 2.75) is 26.2 Å². The number of hydrogen-bond donors (Lipinski definition) is 1. The highest BCUT2D eigenvalue weighted by molar-refractivity contribution is 7.14. The largest absolute Gasteiger partial charge is 0.321 e. The average Bonchev–Trinajstić information content (AvgIpc) is 2.94. The molecular weight excluding hydrogens is 278 g/mol. The zero-order chi connectivity index (χ0) is 13.4. The van der Waals surface area contributed by atoms with Gasteiger partial charge in [0.2, 0.25) is 0 Å². The third kappa shape index (κ3) is 2.53. The van der Waals surface area contributed by atoms with Crippen molar-refractivity contribution in [3.8, 4) is 0 Å². The second kappa shape index (κ2) is 4.99. The third-order valence-electron chi connectivity index (χ3n) is 3.42. The summed E-state index contributed by atoms with van der Waals surface area (Å²) < 4.78 is 0. The summed E-state index contributed by atoms with van der Waals surface area (Å²) in [5.74, 6) is -0.0373. The second-order valence-corrected chi connectivity index (χ2v) is 6.40. The number of amides is 1. The lowest BCUT2D eigenvalue weighted by Crippen LogP contribution is -2.11. The topological polar surface area (TPSA) is 29.1 Å². The zero-order valence-electron chi connectivity index (χ0n) is 10.6. The van der Waals surface area contributed by atoms with Crippen LogP contribution in [0.2, 0.25) is 5.02 Å². The van der Waals surface area contributed by atoms with E-state index in [-0.39, 0.29) is 5.91 Å². The van der Waals surface area contributed by atoms with E-state index in [0.717, 1.165) is 29.0 Å². The first-order chi connectivity index (χ1) is 9.13. The number of anilines is 1. The van der Waals surface area contributed by atoms with Crippen LogP contribution in [0.5, 0.6) is 0 Å². The molecule has 2 nitrogen and oxygen atoms in total. The van der Waals surface area contributed by atoms with E-state index in [1.165, 1.54) is 16.9 Å². The number of rotatable bonds is 2. The van der Waals surface area contributed by atoms with Crippen molar-refractivity contribution in [3.63, 3.8) is 0 Å². The van der Waals surface area contributed by atoms with Gasteiger partial charge in [0.25, 0.3) is 5.91 Å². The molecule has 4 heteroatoms. The summed E-state index contributed by atoms with van der Waals surface area (Å²) in [4.78, 5) is 14.4. The molecule has 0 unspecified atom stereocenters. The highest BCUT2D eigenvalue weighted by Crippen LogP contribution is 2.31. The molecule has 1 N–H and O–H groups in total. The number of halogens is 1. The smallest absolute Gasteiger partial charge is 0.265 e. The molecule has 0 bridgehead atoms. The molecule has 1 aromatic carbocycles. The van der Waals surface area contributed by atoms with Gasteiger partial charge in [0.05, 0.1) is 4.88 Å². The number of carbonyl (C=O) groups excluding carboxylic acids is 1. The molecule has 0 saturated carbocycles. The fourth-order valence-electron chi connectivity index (χ4n) is 2.35. The number of aryl methyl sites for hydroxylation is 3. The maximum Gasteiger partial charge on any atom is 0.265 e. The maximum absolute atomic E-state index is 12.2. The zero-order valence-corrected chi connectivity index (χ0v) is 12.2.